The van der Waals surface area contributed by atoms with Crippen LogP contribution in [0.1, 0.15) is 38.0 Å². The Morgan fingerprint density at radius 2 is 2.35 bits per heavy atom. The highest BCUT2D eigenvalue weighted by Gasteiger charge is 2.53. The summed E-state index contributed by atoms with van der Waals surface area (Å²) in [6, 6.07) is 0.593. The molecule has 1 amide bonds. The molecule has 3 rings (SSSR count). The van der Waals surface area contributed by atoms with Gasteiger partial charge in [-0.1, -0.05) is 6.92 Å². The summed E-state index contributed by atoms with van der Waals surface area (Å²) >= 11 is 1.63. The van der Waals surface area contributed by atoms with Gasteiger partial charge in [0, 0.05) is 30.2 Å². The molecule has 2 aliphatic heterocycles. The van der Waals surface area contributed by atoms with Gasteiger partial charge in [-0.25, -0.2) is 0 Å². The smallest absolute Gasteiger partial charge is 0.232 e. The van der Waals surface area contributed by atoms with Crippen LogP contribution in [0.3, 0.4) is 0 Å². The molecule has 1 spiro atoms. The molecular weight excluding hydrogens is 270 g/mol. The van der Waals surface area contributed by atoms with Crippen molar-refractivity contribution in [2.45, 2.75) is 45.7 Å². The van der Waals surface area contributed by atoms with Gasteiger partial charge in [-0.05, 0) is 32.7 Å². The van der Waals surface area contributed by atoms with Gasteiger partial charge in [0.15, 0.2) is 0 Å². The second kappa shape index (κ2) is 5.45. The van der Waals surface area contributed by atoms with Crippen LogP contribution in [0.2, 0.25) is 0 Å². The van der Waals surface area contributed by atoms with Gasteiger partial charge in [0.1, 0.15) is 0 Å². The van der Waals surface area contributed by atoms with Gasteiger partial charge in [-0.3, -0.25) is 14.7 Å². The zero-order valence-corrected chi connectivity index (χ0v) is 13.2. The summed E-state index contributed by atoms with van der Waals surface area (Å²) in [6.07, 6.45) is 5.26. The number of hydrogen-bond acceptors (Lipinski definition) is 4. The van der Waals surface area contributed by atoms with Crippen LogP contribution in [0.15, 0.2) is 11.7 Å². The van der Waals surface area contributed by atoms with E-state index in [-0.39, 0.29) is 5.41 Å². The van der Waals surface area contributed by atoms with E-state index >= 15 is 0 Å². The summed E-state index contributed by atoms with van der Waals surface area (Å²) in [5.74, 6) is 0.360. The SMILES string of the molecule is CC[C@@H](C)N1CCC[C@@]2(CN(Cc3cncs3)C2=O)C1. The van der Waals surface area contributed by atoms with Gasteiger partial charge < -0.3 is 4.90 Å². The van der Waals surface area contributed by atoms with Gasteiger partial charge in [0.2, 0.25) is 5.91 Å². The van der Waals surface area contributed by atoms with Crippen LogP contribution in [0.5, 0.6) is 0 Å². The Kier molecular flexibility index (Phi) is 3.82. The Balaban J connectivity index is 1.62. The lowest BCUT2D eigenvalue weighted by Gasteiger charge is -2.54. The monoisotopic (exact) mass is 293 g/mol. The highest BCUT2D eigenvalue weighted by molar-refractivity contribution is 7.09. The molecule has 5 heteroatoms. The summed E-state index contributed by atoms with van der Waals surface area (Å²) in [4.78, 5) is 22.4. The Bertz CT molecular complexity index is 475. The van der Waals surface area contributed by atoms with Crippen molar-refractivity contribution in [1.82, 2.24) is 14.8 Å². The van der Waals surface area contributed by atoms with Crippen molar-refractivity contribution < 1.29 is 4.79 Å². The lowest BCUT2D eigenvalue weighted by atomic mass is 9.72. The van der Waals surface area contributed by atoms with Crippen LogP contribution < -0.4 is 0 Å². The third kappa shape index (κ3) is 2.37. The summed E-state index contributed by atoms with van der Waals surface area (Å²) < 4.78 is 0. The van der Waals surface area contributed by atoms with Crippen molar-refractivity contribution in [3.05, 3.63) is 16.6 Å². The molecule has 0 bridgehead atoms. The molecule has 0 aromatic carbocycles. The Morgan fingerprint density at radius 3 is 3.00 bits per heavy atom. The minimum Gasteiger partial charge on any atom is -0.336 e. The van der Waals surface area contributed by atoms with Gasteiger partial charge in [0.25, 0.3) is 0 Å². The van der Waals surface area contributed by atoms with Crippen LogP contribution in [-0.4, -0.2) is 46.4 Å². The van der Waals surface area contributed by atoms with Gasteiger partial charge in [0.05, 0.1) is 17.5 Å². The minimum atomic E-state index is -0.0770. The van der Waals surface area contributed by atoms with Crippen molar-refractivity contribution in [2.75, 3.05) is 19.6 Å². The first-order valence-corrected chi connectivity index (χ1v) is 8.43. The summed E-state index contributed by atoms with van der Waals surface area (Å²) in [5.41, 5.74) is 1.76. The number of hydrogen-bond donors (Lipinski definition) is 0. The van der Waals surface area contributed by atoms with E-state index in [9.17, 15) is 4.79 Å². The average molecular weight is 293 g/mol. The first-order chi connectivity index (χ1) is 9.64. The van der Waals surface area contributed by atoms with E-state index < -0.39 is 0 Å². The maximum Gasteiger partial charge on any atom is 0.232 e. The molecule has 0 radical (unpaired) electrons. The second-order valence-electron chi connectivity index (χ2n) is 6.24. The highest BCUT2D eigenvalue weighted by atomic mass is 32.1. The summed E-state index contributed by atoms with van der Waals surface area (Å²) in [7, 11) is 0. The molecule has 0 saturated carbocycles. The molecule has 20 heavy (non-hydrogen) atoms. The number of carbonyl (C=O) groups excluding carboxylic acids is 1. The van der Waals surface area contributed by atoms with Gasteiger partial charge >= 0.3 is 0 Å². The average Bonchev–Trinajstić information content (AvgIpc) is 2.99. The lowest BCUT2D eigenvalue weighted by Crippen LogP contribution is -2.67. The third-order valence-corrected chi connectivity index (χ3v) is 5.65. The quantitative estimate of drug-likeness (QED) is 0.800. The molecule has 0 unspecified atom stereocenters. The number of amides is 1. The summed E-state index contributed by atoms with van der Waals surface area (Å²) in [6.45, 7) is 8.28. The first-order valence-electron chi connectivity index (χ1n) is 7.55. The number of aromatic nitrogens is 1. The molecule has 0 aliphatic carbocycles. The maximum absolute atomic E-state index is 12.6. The van der Waals surface area contributed by atoms with Crippen LogP contribution in [0.25, 0.3) is 0 Å². The van der Waals surface area contributed by atoms with Crippen molar-refractivity contribution >= 4 is 17.2 Å². The molecule has 2 aliphatic rings. The largest absolute Gasteiger partial charge is 0.336 e. The molecule has 2 atom stereocenters. The fourth-order valence-corrected chi connectivity index (χ4v) is 4.10. The molecule has 110 valence electrons. The third-order valence-electron chi connectivity index (χ3n) is 4.89. The maximum atomic E-state index is 12.6. The molecule has 0 N–H and O–H groups in total. The number of nitrogens with zero attached hydrogens (tertiary/aromatic N) is 3. The normalized spacial score (nSPS) is 28.7. The second-order valence-corrected chi connectivity index (χ2v) is 7.21. The van der Waals surface area contributed by atoms with E-state index in [2.05, 4.69) is 23.7 Å². The predicted octanol–water partition coefficient (Wildman–Crippen LogP) is 2.37. The van der Waals surface area contributed by atoms with E-state index in [0.29, 0.717) is 11.9 Å². The topological polar surface area (TPSA) is 36.4 Å². The molecular formula is C15H23N3OS. The molecule has 1 aromatic heterocycles. The molecule has 2 saturated heterocycles. The van der Waals surface area contributed by atoms with Crippen molar-refractivity contribution in [3.63, 3.8) is 0 Å². The number of rotatable bonds is 4. The van der Waals surface area contributed by atoms with E-state index in [1.165, 1.54) is 4.88 Å². The number of piperidine rings is 1. The number of carbonyl (C=O) groups is 1. The lowest BCUT2D eigenvalue weighted by molar-refractivity contribution is -0.168. The fraction of sp³-hybridized carbons (Fsp3) is 0.733. The number of β-lactam (4-membered cyclic amide) rings is 1. The molecule has 3 heterocycles. The summed E-state index contributed by atoms with van der Waals surface area (Å²) in [5, 5.41) is 0. The van der Waals surface area contributed by atoms with Crippen LogP contribution >= 0.6 is 11.3 Å². The van der Waals surface area contributed by atoms with E-state index in [0.717, 1.165) is 45.4 Å². The Labute approximate surface area is 124 Å². The predicted molar refractivity (Wildman–Crippen MR) is 80.5 cm³/mol. The fourth-order valence-electron chi connectivity index (χ4n) is 3.49. The van der Waals surface area contributed by atoms with Gasteiger partial charge in [-0.2, -0.15) is 0 Å². The highest BCUT2D eigenvalue weighted by Crippen LogP contribution is 2.41. The van der Waals surface area contributed by atoms with Crippen LogP contribution in [-0.2, 0) is 11.3 Å². The van der Waals surface area contributed by atoms with Crippen molar-refractivity contribution in [1.29, 1.82) is 0 Å². The van der Waals surface area contributed by atoms with Crippen molar-refractivity contribution in [3.8, 4) is 0 Å². The van der Waals surface area contributed by atoms with E-state index in [4.69, 9.17) is 0 Å². The first kappa shape index (κ1) is 14.0. The number of likely N-dealkylation sites (tertiary alicyclic amines) is 2. The Hall–Kier alpha value is -0.940. The molecule has 1 aromatic rings. The molecule has 2 fully saturated rings. The Morgan fingerprint density at radius 1 is 1.50 bits per heavy atom. The number of thiazole rings is 1. The van der Waals surface area contributed by atoms with Gasteiger partial charge in [-0.15, -0.1) is 11.3 Å². The van der Waals surface area contributed by atoms with Crippen LogP contribution in [0, 0.1) is 5.41 Å². The standard InChI is InChI=1S/C15H23N3OS/c1-3-12(2)17-6-4-5-15(9-17)10-18(14(15)19)8-13-7-16-11-20-13/h7,11-12H,3-6,8-10H2,1-2H3/t12-,15+/m1/s1. The molecule has 4 nitrogen and oxygen atoms in total. The van der Waals surface area contributed by atoms with Crippen molar-refractivity contribution in [2.24, 2.45) is 5.41 Å². The zero-order chi connectivity index (χ0) is 14.2. The zero-order valence-electron chi connectivity index (χ0n) is 12.3. The van der Waals surface area contributed by atoms with E-state index in [1.54, 1.807) is 11.3 Å². The van der Waals surface area contributed by atoms with E-state index in [1.807, 2.05) is 16.6 Å². The minimum absolute atomic E-state index is 0.0770. The van der Waals surface area contributed by atoms with Crippen LogP contribution in [0.4, 0.5) is 0 Å².